The summed E-state index contributed by atoms with van der Waals surface area (Å²) >= 11 is 4.86. The van der Waals surface area contributed by atoms with E-state index >= 15 is 0 Å². The Kier molecular flexibility index (Phi) is 5.18. The average molecular weight is 438 g/mol. The molecule has 1 amide bonds. The van der Waals surface area contributed by atoms with Crippen LogP contribution in [0.4, 0.5) is 0 Å². The summed E-state index contributed by atoms with van der Waals surface area (Å²) in [6.07, 6.45) is 3.76. The summed E-state index contributed by atoms with van der Waals surface area (Å²) in [6.45, 7) is 0.767. The number of rotatable bonds is 5. The number of hydrazone groups is 1. The summed E-state index contributed by atoms with van der Waals surface area (Å²) in [4.78, 5) is 12.7. The SMILES string of the molecule is O=C(N/N=C\c1cn(Cc2ccc(Br)cc2)c2ccccc12)c1cccs1. The van der Waals surface area contributed by atoms with E-state index in [-0.39, 0.29) is 5.91 Å². The molecule has 0 radical (unpaired) electrons. The molecule has 27 heavy (non-hydrogen) atoms. The summed E-state index contributed by atoms with van der Waals surface area (Å²) in [5.41, 5.74) is 5.90. The molecule has 6 heteroatoms. The Hall–Kier alpha value is -2.70. The number of fused-ring (bicyclic) bond motifs is 1. The number of thiophene rings is 1. The van der Waals surface area contributed by atoms with Gasteiger partial charge in [0.05, 0.1) is 11.1 Å². The second-order valence-electron chi connectivity index (χ2n) is 6.03. The molecule has 0 spiro atoms. The largest absolute Gasteiger partial charge is 0.342 e. The second kappa shape index (κ2) is 7.90. The Labute approximate surface area is 169 Å². The molecule has 2 aromatic carbocycles. The van der Waals surface area contributed by atoms with E-state index < -0.39 is 0 Å². The predicted octanol–water partition coefficient (Wildman–Crippen LogP) is 5.28. The highest BCUT2D eigenvalue weighted by Crippen LogP contribution is 2.22. The fraction of sp³-hybridized carbons (Fsp3) is 0.0476. The zero-order chi connectivity index (χ0) is 18.6. The summed E-state index contributed by atoms with van der Waals surface area (Å²) < 4.78 is 3.26. The minimum atomic E-state index is -0.195. The quantitative estimate of drug-likeness (QED) is 0.335. The van der Waals surface area contributed by atoms with Gasteiger partial charge < -0.3 is 4.57 Å². The maximum atomic E-state index is 12.0. The molecule has 0 fully saturated rings. The van der Waals surface area contributed by atoms with Gasteiger partial charge in [0.2, 0.25) is 0 Å². The first-order valence-electron chi connectivity index (χ1n) is 8.40. The molecule has 4 nitrogen and oxygen atoms in total. The molecule has 1 N–H and O–H groups in total. The van der Waals surface area contributed by atoms with Crippen LogP contribution in [0.1, 0.15) is 20.8 Å². The van der Waals surface area contributed by atoms with Crippen LogP contribution in [-0.2, 0) is 6.54 Å². The van der Waals surface area contributed by atoms with Crippen LogP contribution < -0.4 is 5.43 Å². The van der Waals surface area contributed by atoms with Crippen molar-refractivity contribution in [3.05, 3.63) is 92.7 Å². The van der Waals surface area contributed by atoms with Gasteiger partial charge in [-0.05, 0) is 35.2 Å². The van der Waals surface area contributed by atoms with E-state index in [1.807, 2.05) is 35.7 Å². The summed E-state index contributed by atoms with van der Waals surface area (Å²) in [7, 11) is 0. The molecule has 0 saturated carbocycles. The van der Waals surface area contributed by atoms with Crippen molar-refractivity contribution >= 4 is 50.3 Å². The normalized spacial score (nSPS) is 11.3. The maximum Gasteiger partial charge on any atom is 0.281 e. The Balaban J connectivity index is 1.58. The average Bonchev–Trinajstić information content (AvgIpc) is 3.33. The van der Waals surface area contributed by atoms with E-state index in [1.165, 1.54) is 16.9 Å². The third-order valence-corrected chi connectivity index (χ3v) is 5.60. The molecular weight excluding hydrogens is 422 g/mol. The smallest absolute Gasteiger partial charge is 0.281 e. The highest BCUT2D eigenvalue weighted by atomic mass is 79.9. The van der Waals surface area contributed by atoms with E-state index in [0.29, 0.717) is 4.88 Å². The molecule has 134 valence electrons. The zero-order valence-corrected chi connectivity index (χ0v) is 16.7. The monoisotopic (exact) mass is 437 g/mol. The number of hydrogen-bond acceptors (Lipinski definition) is 3. The van der Waals surface area contributed by atoms with Crippen molar-refractivity contribution in [1.82, 2.24) is 9.99 Å². The molecule has 4 rings (SSSR count). The Morgan fingerprint density at radius 2 is 1.93 bits per heavy atom. The minimum Gasteiger partial charge on any atom is -0.342 e. The van der Waals surface area contributed by atoms with Crippen LogP contribution >= 0.6 is 27.3 Å². The van der Waals surface area contributed by atoms with Gasteiger partial charge in [-0.3, -0.25) is 4.79 Å². The van der Waals surface area contributed by atoms with Gasteiger partial charge in [-0.25, -0.2) is 5.43 Å². The molecule has 2 aromatic heterocycles. The van der Waals surface area contributed by atoms with Crippen molar-refractivity contribution in [3.63, 3.8) is 0 Å². The number of nitrogens with one attached hydrogen (secondary N) is 1. The van der Waals surface area contributed by atoms with E-state index in [9.17, 15) is 4.79 Å². The number of amides is 1. The van der Waals surface area contributed by atoms with Crippen LogP contribution in [0.2, 0.25) is 0 Å². The van der Waals surface area contributed by atoms with Crippen LogP contribution in [0.3, 0.4) is 0 Å². The standard InChI is InChI=1S/C21H16BrN3OS/c22-17-9-7-15(8-10-17)13-25-14-16(18-4-1-2-5-19(18)25)12-23-24-21(26)20-6-3-11-27-20/h1-12,14H,13H2,(H,24,26)/b23-12-. The predicted molar refractivity (Wildman–Crippen MR) is 115 cm³/mol. The number of hydrogen-bond donors (Lipinski definition) is 1. The van der Waals surface area contributed by atoms with Crippen molar-refractivity contribution in [1.29, 1.82) is 0 Å². The lowest BCUT2D eigenvalue weighted by atomic mass is 10.2. The van der Waals surface area contributed by atoms with Crippen molar-refractivity contribution in [3.8, 4) is 0 Å². The van der Waals surface area contributed by atoms with Crippen molar-refractivity contribution < 1.29 is 4.79 Å². The Morgan fingerprint density at radius 1 is 1.11 bits per heavy atom. The van der Waals surface area contributed by atoms with Gasteiger partial charge in [-0.15, -0.1) is 11.3 Å². The molecule has 0 aliphatic carbocycles. The summed E-state index contributed by atoms with van der Waals surface area (Å²) in [5.74, 6) is -0.195. The van der Waals surface area contributed by atoms with Gasteiger partial charge in [-0.1, -0.05) is 52.3 Å². The Bertz CT molecular complexity index is 1100. The third-order valence-electron chi connectivity index (χ3n) is 4.20. The zero-order valence-electron chi connectivity index (χ0n) is 14.3. The minimum absolute atomic E-state index is 0.195. The number of carbonyl (C=O) groups is 1. The van der Waals surface area contributed by atoms with Crippen LogP contribution in [0.25, 0.3) is 10.9 Å². The third kappa shape index (κ3) is 4.02. The van der Waals surface area contributed by atoms with Gasteiger partial charge in [0.15, 0.2) is 0 Å². The van der Waals surface area contributed by atoms with Gasteiger partial charge in [0.1, 0.15) is 0 Å². The molecule has 0 saturated heterocycles. The molecule has 0 unspecified atom stereocenters. The molecular formula is C21H16BrN3OS. The van der Waals surface area contributed by atoms with Gasteiger partial charge in [-0.2, -0.15) is 5.10 Å². The van der Waals surface area contributed by atoms with Gasteiger partial charge in [0.25, 0.3) is 5.91 Å². The Morgan fingerprint density at radius 3 is 2.70 bits per heavy atom. The lowest BCUT2D eigenvalue weighted by Crippen LogP contribution is -2.16. The molecule has 0 aliphatic rings. The van der Waals surface area contributed by atoms with Gasteiger partial charge in [0, 0.05) is 33.7 Å². The lowest BCUT2D eigenvalue weighted by Gasteiger charge is -2.05. The number of carbonyl (C=O) groups excluding carboxylic acids is 1. The second-order valence-corrected chi connectivity index (χ2v) is 7.90. The van der Waals surface area contributed by atoms with Crippen LogP contribution in [0.5, 0.6) is 0 Å². The maximum absolute atomic E-state index is 12.0. The first-order chi connectivity index (χ1) is 13.2. The number of nitrogens with zero attached hydrogens (tertiary/aromatic N) is 2. The van der Waals surface area contributed by atoms with E-state index in [1.54, 1.807) is 12.3 Å². The molecule has 4 aromatic rings. The van der Waals surface area contributed by atoms with Crippen LogP contribution in [0.15, 0.2) is 81.8 Å². The number of para-hydroxylation sites is 1. The fourth-order valence-corrected chi connectivity index (χ4v) is 3.80. The van der Waals surface area contributed by atoms with Crippen molar-refractivity contribution in [2.45, 2.75) is 6.54 Å². The van der Waals surface area contributed by atoms with E-state index in [2.05, 4.69) is 61.5 Å². The van der Waals surface area contributed by atoms with Crippen LogP contribution in [0, 0.1) is 0 Å². The number of benzene rings is 2. The molecule has 0 aliphatic heterocycles. The lowest BCUT2D eigenvalue weighted by molar-refractivity contribution is 0.0959. The highest BCUT2D eigenvalue weighted by molar-refractivity contribution is 9.10. The first-order valence-corrected chi connectivity index (χ1v) is 10.1. The van der Waals surface area contributed by atoms with Crippen molar-refractivity contribution in [2.75, 3.05) is 0 Å². The van der Waals surface area contributed by atoms with E-state index in [4.69, 9.17) is 0 Å². The van der Waals surface area contributed by atoms with E-state index in [0.717, 1.165) is 27.5 Å². The van der Waals surface area contributed by atoms with Crippen LogP contribution in [-0.4, -0.2) is 16.7 Å². The number of aromatic nitrogens is 1. The summed E-state index contributed by atoms with van der Waals surface area (Å²) in [6, 6.07) is 20.1. The van der Waals surface area contributed by atoms with Gasteiger partial charge >= 0.3 is 0 Å². The summed E-state index contributed by atoms with van der Waals surface area (Å²) in [5, 5.41) is 7.11. The topological polar surface area (TPSA) is 46.4 Å². The molecule has 0 bridgehead atoms. The fourth-order valence-electron chi connectivity index (χ4n) is 2.92. The first kappa shape index (κ1) is 17.7. The molecule has 2 heterocycles. The highest BCUT2D eigenvalue weighted by Gasteiger charge is 2.08. The molecule has 0 atom stereocenters. The van der Waals surface area contributed by atoms with Crippen molar-refractivity contribution in [2.24, 2.45) is 5.10 Å². The number of halogens is 1.